The Morgan fingerprint density at radius 2 is 1.65 bits per heavy atom. The lowest BCUT2D eigenvalue weighted by atomic mass is 9.99. The van der Waals surface area contributed by atoms with Crippen molar-refractivity contribution < 1.29 is 0 Å². The van der Waals surface area contributed by atoms with E-state index in [1.807, 2.05) is 7.05 Å². The Bertz CT molecular complexity index is 520. The molecule has 0 heterocycles. The molecule has 0 radical (unpaired) electrons. The first-order chi connectivity index (χ1) is 9.69. The minimum atomic E-state index is 0.396. The van der Waals surface area contributed by atoms with Crippen molar-refractivity contribution in [2.24, 2.45) is 0 Å². The summed E-state index contributed by atoms with van der Waals surface area (Å²) in [7, 11) is 2.03. The number of benzene rings is 2. The lowest BCUT2D eigenvalue weighted by molar-refractivity contribution is 0.527. The van der Waals surface area contributed by atoms with E-state index in [2.05, 4.69) is 85.7 Å². The zero-order chi connectivity index (χ0) is 14.4. The second-order valence-electron chi connectivity index (χ2n) is 4.92. The van der Waals surface area contributed by atoms with Crippen LogP contribution in [0.2, 0.25) is 0 Å². The van der Waals surface area contributed by atoms with Gasteiger partial charge in [0, 0.05) is 15.0 Å². The van der Waals surface area contributed by atoms with E-state index in [-0.39, 0.29) is 0 Å². The third-order valence-electron chi connectivity index (χ3n) is 3.44. The summed E-state index contributed by atoms with van der Waals surface area (Å²) < 4.78 is 2.23. The van der Waals surface area contributed by atoms with E-state index in [1.54, 1.807) is 0 Å². The Morgan fingerprint density at radius 1 is 1.00 bits per heavy atom. The predicted octanol–water partition coefficient (Wildman–Crippen LogP) is 5.50. The van der Waals surface area contributed by atoms with Crippen LogP contribution in [0.1, 0.15) is 30.0 Å². The van der Waals surface area contributed by atoms with E-state index in [4.69, 9.17) is 0 Å². The highest BCUT2D eigenvalue weighted by Crippen LogP contribution is 2.26. The normalized spacial score (nSPS) is 12.3. The van der Waals surface area contributed by atoms with E-state index in [0.29, 0.717) is 6.04 Å². The van der Waals surface area contributed by atoms with Crippen molar-refractivity contribution in [3.05, 3.63) is 68.6 Å². The standard InChI is InChI=1S/C17H19Br2N/c1-20-17(14-10-15(18)12-16(19)11-14)9-5-8-13-6-3-2-4-7-13/h2-4,6-7,10-12,17,20H,5,8-9H2,1H3. The minimum Gasteiger partial charge on any atom is -0.313 e. The van der Waals surface area contributed by atoms with Gasteiger partial charge in [-0.15, -0.1) is 0 Å². The molecule has 2 aromatic rings. The fourth-order valence-corrected chi connectivity index (χ4v) is 3.74. The molecule has 1 unspecified atom stereocenters. The van der Waals surface area contributed by atoms with Gasteiger partial charge in [0.05, 0.1) is 0 Å². The molecule has 0 spiro atoms. The van der Waals surface area contributed by atoms with Crippen LogP contribution in [-0.2, 0) is 6.42 Å². The molecule has 0 saturated carbocycles. The molecule has 20 heavy (non-hydrogen) atoms. The first-order valence-corrected chi connectivity index (χ1v) is 8.45. The summed E-state index contributed by atoms with van der Waals surface area (Å²) in [6, 6.07) is 17.5. The third kappa shape index (κ3) is 4.72. The third-order valence-corrected chi connectivity index (χ3v) is 4.35. The molecule has 106 valence electrons. The number of nitrogens with one attached hydrogen (secondary N) is 1. The van der Waals surface area contributed by atoms with Gasteiger partial charge >= 0.3 is 0 Å². The highest BCUT2D eigenvalue weighted by atomic mass is 79.9. The Labute approximate surface area is 138 Å². The van der Waals surface area contributed by atoms with Crippen LogP contribution >= 0.6 is 31.9 Å². The van der Waals surface area contributed by atoms with E-state index < -0.39 is 0 Å². The highest BCUT2D eigenvalue weighted by molar-refractivity contribution is 9.11. The fourth-order valence-electron chi connectivity index (χ4n) is 2.41. The van der Waals surface area contributed by atoms with Gasteiger partial charge in [0.25, 0.3) is 0 Å². The topological polar surface area (TPSA) is 12.0 Å². The van der Waals surface area contributed by atoms with Crippen LogP contribution in [0.3, 0.4) is 0 Å². The summed E-state index contributed by atoms with van der Waals surface area (Å²) in [5.74, 6) is 0. The Kier molecular flexibility index (Phi) is 6.27. The summed E-state index contributed by atoms with van der Waals surface area (Å²) in [4.78, 5) is 0. The van der Waals surface area contributed by atoms with Crippen LogP contribution in [0.25, 0.3) is 0 Å². The highest BCUT2D eigenvalue weighted by Gasteiger charge is 2.10. The van der Waals surface area contributed by atoms with Crippen molar-refractivity contribution >= 4 is 31.9 Å². The van der Waals surface area contributed by atoms with Crippen molar-refractivity contribution in [2.45, 2.75) is 25.3 Å². The van der Waals surface area contributed by atoms with Gasteiger partial charge in [-0.1, -0.05) is 62.2 Å². The van der Waals surface area contributed by atoms with E-state index >= 15 is 0 Å². The maximum Gasteiger partial charge on any atom is 0.0318 e. The average Bonchev–Trinajstić information content (AvgIpc) is 2.43. The van der Waals surface area contributed by atoms with Gasteiger partial charge in [-0.25, -0.2) is 0 Å². The largest absolute Gasteiger partial charge is 0.313 e. The summed E-state index contributed by atoms with van der Waals surface area (Å²) >= 11 is 7.12. The van der Waals surface area contributed by atoms with Crippen molar-refractivity contribution in [1.82, 2.24) is 5.32 Å². The molecule has 0 aliphatic rings. The maximum atomic E-state index is 3.56. The van der Waals surface area contributed by atoms with Crippen LogP contribution in [0, 0.1) is 0 Å². The average molecular weight is 397 g/mol. The summed E-state index contributed by atoms with van der Waals surface area (Å²) in [6.45, 7) is 0. The number of hydrogen-bond acceptors (Lipinski definition) is 1. The zero-order valence-corrected chi connectivity index (χ0v) is 14.7. The van der Waals surface area contributed by atoms with Gasteiger partial charge in [0.1, 0.15) is 0 Å². The van der Waals surface area contributed by atoms with Crippen LogP contribution in [0.5, 0.6) is 0 Å². The van der Waals surface area contributed by atoms with Gasteiger partial charge in [-0.05, 0) is 55.6 Å². The quantitative estimate of drug-likeness (QED) is 0.680. The molecule has 1 N–H and O–H groups in total. The SMILES string of the molecule is CNC(CCCc1ccccc1)c1cc(Br)cc(Br)c1. The van der Waals surface area contributed by atoms with Crippen molar-refractivity contribution in [3.8, 4) is 0 Å². The number of rotatable bonds is 6. The van der Waals surface area contributed by atoms with Crippen LogP contribution in [0.4, 0.5) is 0 Å². The molecule has 0 aliphatic carbocycles. The first kappa shape index (κ1) is 15.7. The lowest BCUT2D eigenvalue weighted by Gasteiger charge is -2.17. The molecule has 2 rings (SSSR count). The minimum absolute atomic E-state index is 0.396. The Balaban J connectivity index is 1.95. The second kappa shape index (κ2) is 7.96. The maximum absolute atomic E-state index is 3.56. The fraction of sp³-hybridized carbons (Fsp3) is 0.294. The number of halogens is 2. The molecule has 2 aromatic carbocycles. The van der Waals surface area contributed by atoms with Crippen molar-refractivity contribution in [2.75, 3.05) is 7.05 Å². The zero-order valence-electron chi connectivity index (χ0n) is 11.6. The van der Waals surface area contributed by atoms with Crippen molar-refractivity contribution in [3.63, 3.8) is 0 Å². The van der Waals surface area contributed by atoms with Crippen LogP contribution in [-0.4, -0.2) is 7.05 Å². The summed E-state index contributed by atoms with van der Waals surface area (Å²) in [5.41, 5.74) is 2.74. The molecule has 3 heteroatoms. The predicted molar refractivity (Wildman–Crippen MR) is 93.0 cm³/mol. The number of aryl methyl sites for hydroxylation is 1. The molecule has 1 nitrogen and oxygen atoms in total. The second-order valence-corrected chi connectivity index (χ2v) is 6.75. The van der Waals surface area contributed by atoms with E-state index in [0.717, 1.165) is 21.8 Å². The molecule has 0 amide bonds. The van der Waals surface area contributed by atoms with Crippen LogP contribution < -0.4 is 5.32 Å². The molecule has 0 bridgehead atoms. The Morgan fingerprint density at radius 3 is 2.25 bits per heavy atom. The van der Waals surface area contributed by atoms with Gasteiger partial charge in [0.15, 0.2) is 0 Å². The van der Waals surface area contributed by atoms with Gasteiger partial charge in [-0.3, -0.25) is 0 Å². The van der Waals surface area contributed by atoms with Gasteiger partial charge in [-0.2, -0.15) is 0 Å². The lowest BCUT2D eigenvalue weighted by Crippen LogP contribution is -2.16. The van der Waals surface area contributed by atoms with E-state index in [1.165, 1.54) is 17.5 Å². The molecule has 0 saturated heterocycles. The van der Waals surface area contributed by atoms with Crippen LogP contribution in [0.15, 0.2) is 57.5 Å². The molecular formula is C17H19Br2N. The first-order valence-electron chi connectivity index (χ1n) is 6.86. The monoisotopic (exact) mass is 395 g/mol. The van der Waals surface area contributed by atoms with E-state index in [9.17, 15) is 0 Å². The van der Waals surface area contributed by atoms with Gasteiger partial charge in [0.2, 0.25) is 0 Å². The van der Waals surface area contributed by atoms with Crippen molar-refractivity contribution in [1.29, 1.82) is 0 Å². The molecular weight excluding hydrogens is 378 g/mol. The molecule has 1 atom stereocenters. The summed E-state index contributed by atoms with van der Waals surface area (Å²) in [6.07, 6.45) is 3.45. The summed E-state index contributed by atoms with van der Waals surface area (Å²) in [5, 5.41) is 3.42. The Hall–Kier alpha value is -0.640. The molecule has 0 aromatic heterocycles. The molecule has 0 fully saturated rings. The smallest absolute Gasteiger partial charge is 0.0318 e. The van der Waals surface area contributed by atoms with Gasteiger partial charge < -0.3 is 5.32 Å². The molecule has 0 aliphatic heterocycles. The number of hydrogen-bond donors (Lipinski definition) is 1.